The van der Waals surface area contributed by atoms with Crippen LogP contribution in [0.5, 0.6) is 0 Å². The van der Waals surface area contributed by atoms with E-state index in [-0.39, 0.29) is 11.8 Å². The molecule has 0 radical (unpaired) electrons. The lowest BCUT2D eigenvalue weighted by molar-refractivity contribution is 0.0953. The van der Waals surface area contributed by atoms with Gasteiger partial charge in [-0.1, -0.05) is 81.4 Å². The maximum atomic E-state index is 13.4. The molecule has 0 aliphatic carbocycles. The molecule has 5 nitrogen and oxygen atoms in total. The minimum Gasteiger partial charge on any atom is -0.351 e. The molecule has 0 aliphatic rings. The standard InChI is InChI=1S/C32H32N4O/c1-21(2)24-14-16-26(17-15-24)36-23(4)29(20-34-36)31-18-28(27-12-8-9-13-30(27)35-31)32(37)33-19-22(3)25-10-6-5-7-11-25/h5-18,20-22H,19H2,1-4H3,(H,33,37)/t22-/m1/s1. The first kappa shape index (κ1) is 24.4. The Morgan fingerprint density at radius 3 is 2.32 bits per heavy atom. The van der Waals surface area contributed by atoms with Crippen molar-refractivity contribution in [3.05, 3.63) is 114 Å². The van der Waals surface area contributed by atoms with E-state index in [2.05, 4.69) is 67.6 Å². The third kappa shape index (κ3) is 5.03. The number of benzene rings is 3. The van der Waals surface area contributed by atoms with E-state index < -0.39 is 0 Å². The fraction of sp³-hybridized carbons (Fsp3) is 0.219. The summed E-state index contributed by atoms with van der Waals surface area (Å²) in [5.74, 6) is 0.586. The van der Waals surface area contributed by atoms with Crippen LogP contribution in [0.25, 0.3) is 27.8 Å². The van der Waals surface area contributed by atoms with E-state index in [1.807, 2.05) is 66.3 Å². The summed E-state index contributed by atoms with van der Waals surface area (Å²) in [6.45, 7) is 9.09. The SMILES string of the molecule is Cc1c(-c2cc(C(=O)NC[C@@H](C)c3ccccc3)c3ccccc3n2)cnn1-c1ccc(C(C)C)cc1. The molecular formula is C32H32N4O. The Morgan fingerprint density at radius 1 is 0.892 bits per heavy atom. The number of nitrogens with zero attached hydrogens (tertiary/aromatic N) is 3. The number of fused-ring (bicyclic) bond motifs is 1. The van der Waals surface area contributed by atoms with Crippen LogP contribution in [0.15, 0.2) is 91.1 Å². The number of aromatic nitrogens is 3. The molecule has 0 spiro atoms. The molecule has 3 aromatic carbocycles. The van der Waals surface area contributed by atoms with Crippen LogP contribution in [-0.2, 0) is 0 Å². The van der Waals surface area contributed by atoms with E-state index in [0.29, 0.717) is 18.0 Å². The molecule has 0 unspecified atom stereocenters. The average Bonchev–Trinajstić information content (AvgIpc) is 3.32. The summed E-state index contributed by atoms with van der Waals surface area (Å²) in [6, 6.07) is 28.4. The number of carbonyl (C=O) groups excluding carboxylic acids is 1. The molecule has 0 saturated carbocycles. The molecule has 0 bridgehead atoms. The fourth-order valence-corrected chi connectivity index (χ4v) is 4.66. The monoisotopic (exact) mass is 488 g/mol. The molecular weight excluding hydrogens is 456 g/mol. The van der Waals surface area contributed by atoms with E-state index in [9.17, 15) is 4.79 Å². The highest BCUT2D eigenvalue weighted by Gasteiger charge is 2.18. The molecule has 5 heteroatoms. The lowest BCUT2D eigenvalue weighted by Gasteiger charge is -2.15. The fourth-order valence-electron chi connectivity index (χ4n) is 4.66. The summed E-state index contributed by atoms with van der Waals surface area (Å²) in [5, 5.41) is 8.64. The Labute approximate surface area is 218 Å². The van der Waals surface area contributed by atoms with Crippen LogP contribution in [0.1, 0.15) is 59.8 Å². The first-order valence-corrected chi connectivity index (χ1v) is 12.8. The smallest absolute Gasteiger partial charge is 0.252 e. The van der Waals surface area contributed by atoms with Gasteiger partial charge in [0.2, 0.25) is 0 Å². The van der Waals surface area contributed by atoms with E-state index in [4.69, 9.17) is 4.98 Å². The molecule has 2 heterocycles. The van der Waals surface area contributed by atoms with Crippen LogP contribution in [0.2, 0.25) is 0 Å². The van der Waals surface area contributed by atoms with Crippen LogP contribution in [0, 0.1) is 6.92 Å². The lowest BCUT2D eigenvalue weighted by atomic mass is 10.0. The van der Waals surface area contributed by atoms with Crippen molar-refractivity contribution in [3.63, 3.8) is 0 Å². The van der Waals surface area contributed by atoms with Gasteiger partial charge in [0.05, 0.1) is 34.4 Å². The van der Waals surface area contributed by atoms with Gasteiger partial charge in [-0.05, 0) is 54.2 Å². The molecule has 186 valence electrons. The van der Waals surface area contributed by atoms with E-state index in [1.54, 1.807) is 0 Å². The Balaban J connectivity index is 1.47. The first-order valence-electron chi connectivity index (χ1n) is 12.8. The van der Waals surface area contributed by atoms with Crippen LogP contribution < -0.4 is 5.32 Å². The average molecular weight is 489 g/mol. The Morgan fingerprint density at radius 2 is 1.59 bits per heavy atom. The molecule has 5 aromatic rings. The van der Waals surface area contributed by atoms with Gasteiger partial charge in [0.1, 0.15) is 0 Å². The van der Waals surface area contributed by atoms with E-state index in [0.717, 1.165) is 33.5 Å². The van der Waals surface area contributed by atoms with Crippen molar-refractivity contribution >= 4 is 16.8 Å². The second-order valence-corrected chi connectivity index (χ2v) is 9.90. The summed E-state index contributed by atoms with van der Waals surface area (Å²) in [7, 11) is 0. The van der Waals surface area contributed by atoms with Gasteiger partial charge in [0, 0.05) is 17.5 Å². The van der Waals surface area contributed by atoms with Gasteiger partial charge in [-0.2, -0.15) is 5.10 Å². The highest BCUT2D eigenvalue weighted by atomic mass is 16.1. The van der Waals surface area contributed by atoms with E-state index >= 15 is 0 Å². The van der Waals surface area contributed by atoms with Crippen LogP contribution in [-0.4, -0.2) is 27.2 Å². The Hall–Kier alpha value is -4.25. The number of rotatable bonds is 7. The summed E-state index contributed by atoms with van der Waals surface area (Å²) < 4.78 is 1.93. The van der Waals surface area contributed by atoms with Gasteiger partial charge in [-0.15, -0.1) is 0 Å². The van der Waals surface area contributed by atoms with Crippen molar-refractivity contribution in [2.75, 3.05) is 6.54 Å². The molecule has 0 fully saturated rings. The first-order chi connectivity index (χ1) is 17.9. The highest BCUT2D eigenvalue weighted by Crippen LogP contribution is 2.29. The molecule has 1 amide bonds. The largest absolute Gasteiger partial charge is 0.351 e. The van der Waals surface area contributed by atoms with Gasteiger partial charge >= 0.3 is 0 Å². The summed E-state index contributed by atoms with van der Waals surface area (Å²) in [4.78, 5) is 18.3. The normalized spacial score (nSPS) is 12.1. The molecule has 1 N–H and O–H groups in total. The number of pyridine rings is 1. The number of carbonyl (C=O) groups is 1. The number of para-hydroxylation sites is 1. The van der Waals surface area contributed by atoms with E-state index in [1.165, 1.54) is 11.1 Å². The number of amides is 1. The zero-order valence-corrected chi connectivity index (χ0v) is 21.8. The molecule has 2 aromatic heterocycles. The molecule has 1 atom stereocenters. The number of hydrogen-bond acceptors (Lipinski definition) is 3. The maximum absolute atomic E-state index is 13.4. The summed E-state index contributed by atoms with van der Waals surface area (Å²) >= 11 is 0. The second kappa shape index (κ2) is 10.4. The maximum Gasteiger partial charge on any atom is 0.252 e. The van der Waals surface area contributed by atoms with Gasteiger partial charge in [0.15, 0.2) is 0 Å². The van der Waals surface area contributed by atoms with Crippen molar-refractivity contribution in [2.45, 2.75) is 39.5 Å². The number of nitrogens with one attached hydrogen (secondary N) is 1. The molecule has 5 rings (SSSR count). The second-order valence-electron chi connectivity index (χ2n) is 9.90. The zero-order valence-electron chi connectivity index (χ0n) is 21.8. The summed E-state index contributed by atoms with van der Waals surface area (Å²) in [5.41, 5.74) is 7.53. The van der Waals surface area contributed by atoms with Gasteiger partial charge < -0.3 is 5.32 Å². The Bertz CT molecular complexity index is 1530. The lowest BCUT2D eigenvalue weighted by Crippen LogP contribution is -2.27. The van der Waals surface area contributed by atoms with Gasteiger partial charge in [-0.3, -0.25) is 4.79 Å². The van der Waals surface area contributed by atoms with Crippen molar-refractivity contribution in [2.24, 2.45) is 0 Å². The molecule has 37 heavy (non-hydrogen) atoms. The minimum absolute atomic E-state index is 0.100. The number of hydrogen-bond donors (Lipinski definition) is 1. The van der Waals surface area contributed by atoms with Gasteiger partial charge in [0.25, 0.3) is 5.91 Å². The van der Waals surface area contributed by atoms with Crippen LogP contribution in [0.4, 0.5) is 0 Å². The predicted octanol–water partition coefficient (Wildman–Crippen LogP) is 7.05. The van der Waals surface area contributed by atoms with Crippen LogP contribution in [0.3, 0.4) is 0 Å². The zero-order chi connectivity index (χ0) is 25.9. The van der Waals surface area contributed by atoms with Crippen molar-refractivity contribution in [1.29, 1.82) is 0 Å². The molecule has 0 aliphatic heterocycles. The predicted molar refractivity (Wildman–Crippen MR) is 150 cm³/mol. The molecule has 0 saturated heterocycles. The van der Waals surface area contributed by atoms with Crippen molar-refractivity contribution in [1.82, 2.24) is 20.1 Å². The third-order valence-corrected chi connectivity index (χ3v) is 6.99. The van der Waals surface area contributed by atoms with Crippen molar-refractivity contribution < 1.29 is 4.79 Å². The van der Waals surface area contributed by atoms with Crippen molar-refractivity contribution in [3.8, 4) is 16.9 Å². The highest BCUT2D eigenvalue weighted by molar-refractivity contribution is 6.07. The minimum atomic E-state index is -0.100. The topological polar surface area (TPSA) is 59.8 Å². The van der Waals surface area contributed by atoms with Gasteiger partial charge in [-0.25, -0.2) is 9.67 Å². The quantitative estimate of drug-likeness (QED) is 0.267. The van der Waals surface area contributed by atoms with Crippen LogP contribution >= 0.6 is 0 Å². The summed E-state index contributed by atoms with van der Waals surface area (Å²) in [6.07, 6.45) is 1.84. The third-order valence-electron chi connectivity index (χ3n) is 6.99. The Kier molecular flexibility index (Phi) is 6.87.